The van der Waals surface area contributed by atoms with Gasteiger partial charge in [-0.2, -0.15) is 10.2 Å². The van der Waals surface area contributed by atoms with Gasteiger partial charge in [-0.3, -0.25) is 24.7 Å². The van der Waals surface area contributed by atoms with E-state index in [0.717, 1.165) is 23.0 Å². The van der Waals surface area contributed by atoms with Gasteiger partial charge in [-0.15, -0.1) is 0 Å². The van der Waals surface area contributed by atoms with Gasteiger partial charge in [0.15, 0.2) is 0 Å². The Morgan fingerprint density at radius 2 is 2.12 bits per heavy atom. The molecule has 3 rings (SSSR count). The molecule has 134 valence electrons. The summed E-state index contributed by atoms with van der Waals surface area (Å²) in [4.78, 5) is 22.7. The molecule has 0 fully saturated rings. The first-order chi connectivity index (χ1) is 12.4. The lowest BCUT2D eigenvalue weighted by Crippen LogP contribution is -2.15. The zero-order chi connectivity index (χ0) is 18.8. The van der Waals surface area contributed by atoms with E-state index in [9.17, 15) is 14.9 Å². The molecule has 0 bridgehead atoms. The molecule has 1 amide bonds. The van der Waals surface area contributed by atoms with E-state index in [4.69, 9.17) is 0 Å². The van der Waals surface area contributed by atoms with Gasteiger partial charge in [0.2, 0.25) is 5.69 Å². The molecule has 0 atom stereocenters. The summed E-state index contributed by atoms with van der Waals surface area (Å²) in [7, 11) is 0. The molecule has 2 heterocycles. The van der Waals surface area contributed by atoms with Crippen molar-refractivity contribution in [3.8, 4) is 0 Å². The standard InChI is InChI=1S/C17H18N6O3/c1-10-5-4-6-13(7-10)9-22-12(3)15(11(2)21-22)19-17(24)16-14(23(25)26)8-18-20-16/h4-8H,9H2,1-3H3,(H,18,20)(H,19,24). The minimum Gasteiger partial charge on any atom is -0.317 e. The number of amides is 1. The van der Waals surface area contributed by atoms with Crippen LogP contribution < -0.4 is 5.32 Å². The Kier molecular flexibility index (Phi) is 4.53. The summed E-state index contributed by atoms with van der Waals surface area (Å²) in [5.41, 5.74) is 3.61. The van der Waals surface area contributed by atoms with Gasteiger partial charge in [0, 0.05) is 0 Å². The number of nitrogens with one attached hydrogen (secondary N) is 2. The second kappa shape index (κ2) is 6.79. The van der Waals surface area contributed by atoms with Crippen molar-refractivity contribution in [2.24, 2.45) is 0 Å². The van der Waals surface area contributed by atoms with Crippen LogP contribution in [0.15, 0.2) is 30.5 Å². The monoisotopic (exact) mass is 354 g/mol. The van der Waals surface area contributed by atoms with Gasteiger partial charge in [0.05, 0.1) is 28.5 Å². The van der Waals surface area contributed by atoms with Crippen LogP contribution in [0.5, 0.6) is 0 Å². The van der Waals surface area contributed by atoms with Crippen LogP contribution >= 0.6 is 0 Å². The quantitative estimate of drug-likeness (QED) is 0.539. The molecule has 0 spiro atoms. The van der Waals surface area contributed by atoms with Crippen LogP contribution in [0.2, 0.25) is 0 Å². The number of H-pyrrole nitrogens is 1. The zero-order valence-corrected chi connectivity index (χ0v) is 14.6. The van der Waals surface area contributed by atoms with Gasteiger partial charge in [-0.1, -0.05) is 29.8 Å². The van der Waals surface area contributed by atoms with Crippen LogP contribution in [-0.2, 0) is 6.54 Å². The molecule has 2 aromatic heterocycles. The van der Waals surface area contributed by atoms with Crippen LogP contribution in [0.25, 0.3) is 0 Å². The first kappa shape index (κ1) is 17.3. The summed E-state index contributed by atoms with van der Waals surface area (Å²) in [5, 5.41) is 24.1. The van der Waals surface area contributed by atoms with Crippen molar-refractivity contribution in [2.75, 3.05) is 5.32 Å². The van der Waals surface area contributed by atoms with E-state index in [0.29, 0.717) is 17.9 Å². The summed E-state index contributed by atoms with van der Waals surface area (Å²) < 4.78 is 1.79. The Balaban J connectivity index is 1.85. The highest BCUT2D eigenvalue weighted by molar-refractivity contribution is 6.06. The number of rotatable bonds is 5. The van der Waals surface area contributed by atoms with Crippen LogP contribution in [0.3, 0.4) is 0 Å². The van der Waals surface area contributed by atoms with Crippen LogP contribution in [-0.4, -0.2) is 30.8 Å². The molecule has 2 N–H and O–H groups in total. The number of aromatic nitrogens is 4. The topological polar surface area (TPSA) is 119 Å². The molecular weight excluding hydrogens is 336 g/mol. The maximum absolute atomic E-state index is 12.4. The number of carbonyl (C=O) groups excluding carboxylic acids is 1. The first-order valence-electron chi connectivity index (χ1n) is 7.95. The predicted molar refractivity (Wildman–Crippen MR) is 95.2 cm³/mol. The summed E-state index contributed by atoms with van der Waals surface area (Å²) >= 11 is 0. The average Bonchev–Trinajstić information content (AvgIpc) is 3.16. The fourth-order valence-electron chi connectivity index (χ4n) is 2.78. The minimum atomic E-state index is -0.653. The van der Waals surface area contributed by atoms with E-state index >= 15 is 0 Å². The second-order valence-corrected chi connectivity index (χ2v) is 6.03. The number of aryl methyl sites for hydroxylation is 2. The Bertz CT molecular complexity index is 988. The molecule has 9 heteroatoms. The van der Waals surface area contributed by atoms with Gasteiger partial charge in [0.1, 0.15) is 6.20 Å². The third-order valence-electron chi connectivity index (χ3n) is 4.08. The van der Waals surface area contributed by atoms with Crippen molar-refractivity contribution >= 4 is 17.3 Å². The molecule has 26 heavy (non-hydrogen) atoms. The molecule has 0 aliphatic heterocycles. The molecule has 0 radical (unpaired) electrons. The van der Waals surface area contributed by atoms with Crippen molar-refractivity contribution < 1.29 is 9.72 Å². The van der Waals surface area contributed by atoms with Gasteiger partial charge < -0.3 is 5.32 Å². The lowest BCUT2D eigenvalue weighted by Gasteiger charge is -2.07. The summed E-state index contributed by atoms with van der Waals surface area (Å²) in [5.74, 6) is -0.629. The fraction of sp³-hybridized carbons (Fsp3) is 0.235. The SMILES string of the molecule is Cc1cccc(Cn2nc(C)c(NC(=O)c3[nH]ncc3[N+](=O)[O-])c2C)c1. The Morgan fingerprint density at radius 3 is 2.81 bits per heavy atom. The van der Waals surface area contributed by atoms with Crippen molar-refractivity contribution in [1.82, 2.24) is 20.0 Å². The molecule has 3 aromatic rings. The third-order valence-corrected chi connectivity index (χ3v) is 4.08. The van der Waals surface area contributed by atoms with E-state index in [1.165, 1.54) is 0 Å². The number of nitrogens with zero attached hydrogens (tertiary/aromatic N) is 4. The number of carbonyl (C=O) groups is 1. The maximum atomic E-state index is 12.4. The third kappa shape index (κ3) is 3.32. The van der Waals surface area contributed by atoms with E-state index in [1.54, 1.807) is 11.6 Å². The average molecular weight is 354 g/mol. The lowest BCUT2D eigenvalue weighted by atomic mass is 10.1. The summed E-state index contributed by atoms with van der Waals surface area (Å²) in [6, 6.07) is 8.09. The largest absolute Gasteiger partial charge is 0.319 e. The summed E-state index contributed by atoms with van der Waals surface area (Å²) in [6.07, 6.45) is 1.01. The van der Waals surface area contributed by atoms with Crippen molar-refractivity contribution in [1.29, 1.82) is 0 Å². The number of aromatic amines is 1. The number of nitro groups is 1. The molecule has 0 saturated heterocycles. The second-order valence-electron chi connectivity index (χ2n) is 6.03. The van der Waals surface area contributed by atoms with Gasteiger partial charge >= 0.3 is 5.69 Å². The lowest BCUT2D eigenvalue weighted by molar-refractivity contribution is -0.385. The van der Waals surface area contributed by atoms with Crippen LogP contribution in [0.1, 0.15) is 33.0 Å². The van der Waals surface area contributed by atoms with E-state index in [-0.39, 0.29) is 11.4 Å². The minimum absolute atomic E-state index is 0.194. The number of anilines is 1. The smallest absolute Gasteiger partial charge is 0.317 e. The predicted octanol–water partition coefficient (Wildman–Crippen LogP) is 2.74. The Morgan fingerprint density at radius 1 is 1.35 bits per heavy atom. The van der Waals surface area contributed by atoms with Crippen LogP contribution in [0, 0.1) is 30.9 Å². The molecule has 9 nitrogen and oxygen atoms in total. The number of benzene rings is 1. The highest BCUT2D eigenvalue weighted by Crippen LogP contribution is 2.23. The van der Waals surface area contributed by atoms with E-state index in [1.807, 2.05) is 32.0 Å². The van der Waals surface area contributed by atoms with Crippen molar-refractivity contribution in [3.05, 3.63) is 68.8 Å². The first-order valence-corrected chi connectivity index (χ1v) is 7.95. The molecule has 0 aliphatic rings. The maximum Gasteiger partial charge on any atom is 0.319 e. The highest BCUT2D eigenvalue weighted by atomic mass is 16.6. The number of hydrogen-bond acceptors (Lipinski definition) is 5. The zero-order valence-electron chi connectivity index (χ0n) is 14.6. The van der Waals surface area contributed by atoms with Crippen molar-refractivity contribution in [3.63, 3.8) is 0 Å². The highest BCUT2D eigenvalue weighted by Gasteiger charge is 2.24. The summed E-state index contributed by atoms with van der Waals surface area (Å²) in [6.45, 7) is 6.20. The molecule has 0 unspecified atom stereocenters. The van der Waals surface area contributed by atoms with Gasteiger partial charge in [-0.25, -0.2) is 0 Å². The van der Waals surface area contributed by atoms with Crippen LogP contribution in [0.4, 0.5) is 11.4 Å². The molecule has 0 saturated carbocycles. The van der Waals surface area contributed by atoms with Gasteiger partial charge in [-0.05, 0) is 26.3 Å². The molecular formula is C17H18N6O3. The van der Waals surface area contributed by atoms with Gasteiger partial charge in [0.25, 0.3) is 5.91 Å². The normalized spacial score (nSPS) is 10.7. The Labute approximate surface area is 149 Å². The molecule has 0 aliphatic carbocycles. The van der Waals surface area contributed by atoms with E-state index < -0.39 is 10.8 Å². The molecule has 1 aromatic carbocycles. The van der Waals surface area contributed by atoms with E-state index in [2.05, 4.69) is 26.7 Å². The Hall–Kier alpha value is -3.49. The van der Waals surface area contributed by atoms with Crippen molar-refractivity contribution in [2.45, 2.75) is 27.3 Å². The fourth-order valence-corrected chi connectivity index (χ4v) is 2.78. The number of hydrogen-bond donors (Lipinski definition) is 2.